The molecular formula is C54H78O8. The maximum atomic E-state index is 13.4. The van der Waals surface area contributed by atoms with E-state index in [-0.39, 0.29) is 25.4 Å². The van der Waals surface area contributed by atoms with Gasteiger partial charge < -0.3 is 28.4 Å². The predicted octanol–water partition coefficient (Wildman–Crippen LogP) is 12.3. The molecule has 0 amide bonds. The Morgan fingerprint density at radius 1 is 0.548 bits per heavy atom. The molecule has 6 atom stereocenters. The van der Waals surface area contributed by atoms with Gasteiger partial charge in [0.25, 0.3) is 0 Å². The Morgan fingerprint density at radius 3 is 1.42 bits per heavy atom. The quantitative estimate of drug-likeness (QED) is 0.0429. The molecule has 1 aromatic rings. The van der Waals surface area contributed by atoms with Crippen LogP contribution in [0.25, 0.3) is 0 Å². The summed E-state index contributed by atoms with van der Waals surface area (Å²) in [5, 5.41) is 0. The zero-order valence-electron chi connectivity index (χ0n) is 38.6. The van der Waals surface area contributed by atoms with Gasteiger partial charge in [0.15, 0.2) is 24.8 Å². The summed E-state index contributed by atoms with van der Waals surface area (Å²) in [5.41, 5.74) is 0.830. The Labute approximate surface area is 376 Å². The average molecular weight is 855 g/mol. The fraction of sp³-hybridized carbons (Fsp3) is 0.704. The van der Waals surface area contributed by atoms with E-state index >= 15 is 0 Å². The number of ether oxygens (including phenoxy) is 6. The highest BCUT2D eigenvalue weighted by Crippen LogP contribution is 2.37. The van der Waals surface area contributed by atoms with Crippen LogP contribution < -0.4 is 0 Å². The first-order chi connectivity index (χ1) is 30.6. The molecule has 0 N–H and O–H groups in total. The van der Waals surface area contributed by atoms with Crippen LogP contribution in [-0.4, -0.2) is 56.4 Å². The normalized spacial score (nSPS) is 20.1. The minimum absolute atomic E-state index is 0.197. The zero-order valence-corrected chi connectivity index (χ0v) is 38.6. The molecule has 0 aliphatic carbocycles. The average Bonchev–Trinajstić information content (AvgIpc) is 3.29. The van der Waals surface area contributed by atoms with Gasteiger partial charge in [-0.1, -0.05) is 171 Å². The minimum atomic E-state index is -1.01. The number of unbranched alkanes of at least 4 members (excludes halogenated alkanes) is 22. The van der Waals surface area contributed by atoms with E-state index in [1.807, 2.05) is 30.3 Å². The van der Waals surface area contributed by atoms with Crippen molar-refractivity contribution in [2.75, 3.05) is 13.7 Å². The highest BCUT2D eigenvalue weighted by atomic mass is 16.8. The second kappa shape index (κ2) is 35.7. The fourth-order valence-corrected chi connectivity index (χ4v) is 7.64. The van der Waals surface area contributed by atoms with Crippen LogP contribution in [0, 0.1) is 47.4 Å². The fourth-order valence-electron chi connectivity index (χ4n) is 7.64. The van der Waals surface area contributed by atoms with Gasteiger partial charge >= 0.3 is 11.9 Å². The molecule has 8 heteroatoms. The molecule has 8 nitrogen and oxygen atoms in total. The number of esters is 2. The lowest BCUT2D eigenvalue weighted by Gasteiger charge is -2.47. The van der Waals surface area contributed by atoms with Crippen molar-refractivity contribution in [1.29, 1.82) is 0 Å². The zero-order chi connectivity index (χ0) is 44.1. The molecule has 3 rings (SSSR count). The monoisotopic (exact) mass is 855 g/mol. The first kappa shape index (κ1) is 52.6. The third-order valence-corrected chi connectivity index (χ3v) is 11.3. The van der Waals surface area contributed by atoms with E-state index in [1.54, 1.807) is 0 Å². The van der Waals surface area contributed by atoms with Crippen molar-refractivity contribution in [1.82, 2.24) is 0 Å². The number of benzene rings is 1. The van der Waals surface area contributed by atoms with E-state index in [4.69, 9.17) is 28.4 Å². The number of fused-ring (bicyclic) bond motifs is 1. The van der Waals surface area contributed by atoms with Gasteiger partial charge in [-0.3, -0.25) is 9.59 Å². The summed E-state index contributed by atoms with van der Waals surface area (Å²) in [7, 11) is 1.49. The smallest absolute Gasteiger partial charge is 0.306 e. The van der Waals surface area contributed by atoms with Gasteiger partial charge in [0, 0.05) is 51.2 Å². The predicted molar refractivity (Wildman–Crippen MR) is 247 cm³/mol. The van der Waals surface area contributed by atoms with Crippen molar-refractivity contribution in [2.45, 2.75) is 231 Å². The van der Waals surface area contributed by atoms with Crippen molar-refractivity contribution >= 4 is 11.9 Å². The van der Waals surface area contributed by atoms with Crippen molar-refractivity contribution < 1.29 is 38.0 Å². The number of carbonyl (C=O) groups is 2. The van der Waals surface area contributed by atoms with Crippen molar-refractivity contribution in [2.24, 2.45) is 0 Å². The first-order valence-electron chi connectivity index (χ1n) is 24.4. The lowest BCUT2D eigenvalue weighted by molar-refractivity contribution is -0.359. The van der Waals surface area contributed by atoms with E-state index in [1.165, 1.54) is 84.2 Å². The molecule has 62 heavy (non-hydrogen) atoms. The van der Waals surface area contributed by atoms with Gasteiger partial charge in [0.2, 0.25) is 0 Å². The van der Waals surface area contributed by atoms with Crippen molar-refractivity contribution in [3.63, 3.8) is 0 Å². The number of methoxy groups -OCH3 is 1. The van der Waals surface area contributed by atoms with Crippen LogP contribution in [-0.2, 0) is 38.0 Å². The molecule has 0 aromatic heterocycles. The molecule has 342 valence electrons. The summed E-state index contributed by atoms with van der Waals surface area (Å²) in [5.74, 6) is 23.9. The van der Waals surface area contributed by atoms with E-state index in [0.717, 1.165) is 82.6 Å². The van der Waals surface area contributed by atoms with Crippen molar-refractivity contribution in [3.8, 4) is 47.4 Å². The molecular weight excluding hydrogens is 777 g/mol. The van der Waals surface area contributed by atoms with E-state index in [9.17, 15) is 9.59 Å². The summed E-state index contributed by atoms with van der Waals surface area (Å²) in [6, 6.07) is 9.58. The largest absolute Gasteiger partial charge is 0.455 e. The second-order valence-electron chi connectivity index (χ2n) is 16.6. The Bertz CT molecular complexity index is 1590. The Balaban J connectivity index is 1.42. The standard InChI is InChI=1S/C54H78O8/c1-4-6-8-10-12-14-16-18-20-22-24-26-28-30-32-34-39-43-48(55)60-51-50-47(45-58-53(62-50)46-41-37-36-38-42-46)59-54(57-3)52(51)61-49(56)44-40-35-33-31-29-27-25-23-21-19-17-15-13-11-9-7-5-2/h36-38,41-42,47,50-54H,4-19,28-35,39-40,43-45H2,1-3H3/t47-,50-,51+,52-,53?,54+/m1/s1. The molecule has 0 bridgehead atoms. The third kappa shape index (κ3) is 23.6. The highest BCUT2D eigenvalue weighted by Gasteiger charge is 2.54. The van der Waals surface area contributed by atoms with Crippen LogP contribution in [0.15, 0.2) is 30.3 Å². The minimum Gasteiger partial charge on any atom is -0.455 e. The molecule has 2 aliphatic rings. The number of rotatable bonds is 30. The van der Waals surface area contributed by atoms with Crippen LogP contribution in [0.5, 0.6) is 0 Å². The number of hydrogen-bond acceptors (Lipinski definition) is 8. The molecule has 1 aromatic carbocycles. The molecule has 0 saturated carbocycles. The third-order valence-electron chi connectivity index (χ3n) is 11.3. The molecule has 1 unspecified atom stereocenters. The Morgan fingerprint density at radius 2 is 0.968 bits per heavy atom. The number of hydrogen-bond donors (Lipinski definition) is 0. The summed E-state index contributed by atoms with van der Waals surface area (Å²) in [4.78, 5) is 26.6. The molecule has 0 spiro atoms. The Hall–Kier alpha value is -3.76. The highest BCUT2D eigenvalue weighted by molar-refractivity contribution is 5.70. The second-order valence-corrected chi connectivity index (χ2v) is 16.6. The summed E-state index contributed by atoms with van der Waals surface area (Å²) in [6.07, 6.45) is 23.9. The van der Waals surface area contributed by atoms with Gasteiger partial charge in [-0.15, -0.1) is 0 Å². The van der Waals surface area contributed by atoms with E-state index in [2.05, 4.69) is 61.2 Å². The maximum absolute atomic E-state index is 13.4. The topological polar surface area (TPSA) is 89.5 Å². The molecule has 2 heterocycles. The summed E-state index contributed by atoms with van der Waals surface area (Å²) in [6.45, 7) is 4.69. The maximum Gasteiger partial charge on any atom is 0.306 e. The molecule has 2 fully saturated rings. The van der Waals surface area contributed by atoms with Gasteiger partial charge in [-0.05, 0) is 62.2 Å². The van der Waals surface area contributed by atoms with E-state index in [0.29, 0.717) is 12.8 Å². The lowest BCUT2D eigenvalue weighted by Crippen LogP contribution is -2.64. The Kier molecular flexibility index (Phi) is 30.3. The van der Waals surface area contributed by atoms with Crippen molar-refractivity contribution in [3.05, 3.63) is 35.9 Å². The lowest BCUT2D eigenvalue weighted by atomic mass is 9.97. The van der Waals surface area contributed by atoms with Crippen LogP contribution >= 0.6 is 0 Å². The van der Waals surface area contributed by atoms with Gasteiger partial charge in [-0.25, -0.2) is 0 Å². The number of carbonyl (C=O) groups excluding carboxylic acids is 2. The molecule has 2 saturated heterocycles. The van der Waals surface area contributed by atoms with Crippen LogP contribution in [0.4, 0.5) is 0 Å². The summed E-state index contributed by atoms with van der Waals surface area (Å²) >= 11 is 0. The van der Waals surface area contributed by atoms with Crippen LogP contribution in [0.1, 0.15) is 205 Å². The van der Waals surface area contributed by atoms with E-state index < -0.39 is 43.0 Å². The molecule has 0 radical (unpaired) electrons. The first-order valence-corrected chi connectivity index (χ1v) is 24.4. The summed E-state index contributed by atoms with van der Waals surface area (Å²) < 4.78 is 36.5. The molecule has 2 aliphatic heterocycles. The SMILES string of the molecule is CCCCCCCCCC#CC#CCCCCCCC(=O)O[C@@H]1[C@@H](OC(=O)CCCCCCC#CC#CCCCCCCCCC)[C@@H](OC)O[C@@H]2COC(c3ccccc3)O[C@@H]12. The van der Waals surface area contributed by atoms with Crippen LogP contribution in [0.3, 0.4) is 0 Å². The van der Waals surface area contributed by atoms with Crippen LogP contribution in [0.2, 0.25) is 0 Å². The van der Waals surface area contributed by atoms with Gasteiger partial charge in [0.1, 0.15) is 12.2 Å². The van der Waals surface area contributed by atoms with Gasteiger partial charge in [-0.2, -0.15) is 0 Å². The van der Waals surface area contributed by atoms with Gasteiger partial charge in [0.05, 0.1) is 6.61 Å².